The minimum absolute atomic E-state index is 0.0336. The summed E-state index contributed by atoms with van der Waals surface area (Å²) < 4.78 is 10.2. The van der Waals surface area contributed by atoms with Crippen molar-refractivity contribution in [3.8, 4) is 10.4 Å². The number of amides is 3. The van der Waals surface area contributed by atoms with E-state index in [2.05, 4.69) is 5.32 Å². The van der Waals surface area contributed by atoms with Crippen molar-refractivity contribution < 1.29 is 33.4 Å². The molecule has 0 aliphatic carbocycles. The molecule has 3 heterocycles. The minimum atomic E-state index is -0.830. The van der Waals surface area contributed by atoms with Crippen molar-refractivity contribution in [3.63, 3.8) is 0 Å². The van der Waals surface area contributed by atoms with Gasteiger partial charge in [-0.2, -0.15) is 0 Å². The topological polar surface area (TPSA) is 119 Å². The number of benzene rings is 1. The Kier molecular flexibility index (Phi) is 6.57. The maximum absolute atomic E-state index is 12.5. The standard InChI is InChI=1S/C23H18N2O7S2/c1-3-31-23(30)18-15(16-5-4-8-33-16)11-34-19(18)24-17(26)10-32-22(29)12-6-7-13-14(9-12)21(28)25(2)20(13)27/h4-9,11H,3,10H2,1-2H3,(H,24,26). The van der Waals surface area contributed by atoms with Crippen LogP contribution in [0.25, 0.3) is 10.4 Å². The quantitative estimate of drug-likeness (QED) is 0.390. The molecule has 1 aliphatic rings. The maximum Gasteiger partial charge on any atom is 0.341 e. The Morgan fingerprint density at radius 3 is 2.44 bits per heavy atom. The van der Waals surface area contributed by atoms with Gasteiger partial charge in [0, 0.05) is 22.9 Å². The molecule has 3 amide bonds. The molecule has 0 unspecified atom stereocenters. The number of fused-ring (bicyclic) bond motifs is 1. The van der Waals surface area contributed by atoms with E-state index in [-0.39, 0.29) is 33.9 Å². The van der Waals surface area contributed by atoms with Gasteiger partial charge in [-0.05, 0) is 36.6 Å². The zero-order valence-corrected chi connectivity index (χ0v) is 19.7. The molecule has 0 spiro atoms. The van der Waals surface area contributed by atoms with Crippen LogP contribution in [0.2, 0.25) is 0 Å². The average Bonchev–Trinajstić information content (AvgIpc) is 3.54. The highest BCUT2D eigenvalue weighted by Gasteiger charge is 2.33. The monoisotopic (exact) mass is 498 g/mol. The Balaban J connectivity index is 1.45. The van der Waals surface area contributed by atoms with Crippen molar-refractivity contribution in [1.29, 1.82) is 0 Å². The molecule has 3 aromatic rings. The minimum Gasteiger partial charge on any atom is -0.462 e. The largest absolute Gasteiger partial charge is 0.462 e. The number of nitrogens with zero attached hydrogens (tertiary/aromatic N) is 1. The van der Waals surface area contributed by atoms with E-state index < -0.39 is 36.3 Å². The zero-order valence-electron chi connectivity index (χ0n) is 18.1. The van der Waals surface area contributed by atoms with Crippen molar-refractivity contribution in [2.45, 2.75) is 6.92 Å². The first-order valence-corrected chi connectivity index (χ1v) is 11.8. The Morgan fingerprint density at radius 2 is 1.74 bits per heavy atom. The summed E-state index contributed by atoms with van der Waals surface area (Å²) in [5.41, 5.74) is 1.22. The second kappa shape index (κ2) is 9.57. The normalized spacial score (nSPS) is 12.5. The highest BCUT2D eigenvalue weighted by atomic mass is 32.1. The molecule has 4 rings (SSSR count). The van der Waals surface area contributed by atoms with E-state index in [1.807, 2.05) is 17.5 Å². The summed E-state index contributed by atoms with van der Waals surface area (Å²) >= 11 is 2.61. The van der Waals surface area contributed by atoms with Crippen LogP contribution in [-0.2, 0) is 14.3 Å². The molecule has 1 aromatic carbocycles. The van der Waals surface area contributed by atoms with Crippen LogP contribution in [-0.4, -0.2) is 54.8 Å². The number of anilines is 1. The van der Waals surface area contributed by atoms with Crippen LogP contribution >= 0.6 is 22.7 Å². The molecule has 0 atom stereocenters. The number of imide groups is 1. The SMILES string of the molecule is CCOC(=O)c1c(-c2cccs2)csc1NC(=O)COC(=O)c1ccc2c(c1)C(=O)N(C)C2=O. The average molecular weight is 499 g/mol. The lowest BCUT2D eigenvalue weighted by atomic mass is 10.1. The van der Waals surface area contributed by atoms with Crippen molar-refractivity contribution in [2.24, 2.45) is 0 Å². The van der Waals surface area contributed by atoms with Gasteiger partial charge in [0.2, 0.25) is 0 Å². The van der Waals surface area contributed by atoms with Crippen molar-refractivity contribution in [3.05, 3.63) is 63.3 Å². The smallest absolute Gasteiger partial charge is 0.341 e. The number of ether oxygens (including phenoxy) is 2. The molecule has 174 valence electrons. The van der Waals surface area contributed by atoms with E-state index in [0.29, 0.717) is 5.56 Å². The Labute approximate surface area is 201 Å². The van der Waals surface area contributed by atoms with E-state index in [1.54, 1.807) is 12.3 Å². The Morgan fingerprint density at radius 1 is 0.971 bits per heavy atom. The summed E-state index contributed by atoms with van der Waals surface area (Å²) in [7, 11) is 1.35. The molecule has 0 saturated carbocycles. The molecule has 0 saturated heterocycles. The highest BCUT2D eigenvalue weighted by molar-refractivity contribution is 7.17. The summed E-state index contributed by atoms with van der Waals surface area (Å²) in [5.74, 6) is -3.01. The van der Waals surface area contributed by atoms with Gasteiger partial charge in [-0.15, -0.1) is 22.7 Å². The van der Waals surface area contributed by atoms with Crippen LogP contribution in [0.1, 0.15) is 48.4 Å². The van der Waals surface area contributed by atoms with E-state index in [4.69, 9.17) is 9.47 Å². The molecule has 2 aromatic heterocycles. The number of carbonyl (C=O) groups excluding carboxylic acids is 5. The van der Waals surface area contributed by atoms with Crippen molar-refractivity contribution in [1.82, 2.24) is 4.90 Å². The molecule has 1 aliphatic heterocycles. The highest BCUT2D eigenvalue weighted by Crippen LogP contribution is 2.38. The molecular formula is C23H18N2O7S2. The number of thiophene rings is 2. The summed E-state index contributed by atoms with van der Waals surface area (Å²) in [6.45, 7) is 1.25. The van der Waals surface area contributed by atoms with Crippen LogP contribution in [0.4, 0.5) is 5.00 Å². The van der Waals surface area contributed by atoms with Gasteiger partial charge in [-0.3, -0.25) is 19.3 Å². The third kappa shape index (κ3) is 4.35. The lowest BCUT2D eigenvalue weighted by molar-refractivity contribution is -0.119. The first-order chi connectivity index (χ1) is 16.3. The van der Waals surface area contributed by atoms with E-state index in [9.17, 15) is 24.0 Å². The number of esters is 2. The van der Waals surface area contributed by atoms with Crippen LogP contribution < -0.4 is 5.32 Å². The second-order valence-electron chi connectivity index (χ2n) is 7.11. The van der Waals surface area contributed by atoms with Crippen LogP contribution in [0.3, 0.4) is 0 Å². The number of hydrogen-bond donors (Lipinski definition) is 1. The fourth-order valence-corrected chi connectivity index (χ4v) is 5.12. The van der Waals surface area contributed by atoms with Crippen LogP contribution in [0.5, 0.6) is 0 Å². The molecule has 1 N–H and O–H groups in total. The predicted octanol–water partition coefficient (Wildman–Crippen LogP) is 3.67. The third-order valence-electron chi connectivity index (χ3n) is 4.97. The van der Waals surface area contributed by atoms with Gasteiger partial charge in [-0.25, -0.2) is 9.59 Å². The maximum atomic E-state index is 12.5. The number of nitrogens with one attached hydrogen (secondary N) is 1. The summed E-state index contributed by atoms with van der Waals surface area (Å²) in [6.07, 6.45) is 0. The fourth-order valence-electron chi connectivity index (χ4n) is 3.33. The number of carbonyl (C=O) groups is 5. The molecule has 9 nitrogen and oxygen atoms in total. The van der Waals surface area contributed by atoms with E-state index >= 15 is 0 Å². The fraction of sp³-hybridized carbons (Fsp3) is 0.174. The first kappa shape index (κ1) is 23.3. The second-order valence-corrected chi connectivity index (χ2v) is 8.93. The van der Waals surface area contributed by atoms with E-state index in [0.717, 1.165) is 21.1 Å². The molecule has 0 bridgehead atoms. The Bertz CT molecular complexity index is 1310. The first-order valence-electron chi connectivity index (χ1n) is 10.1. The van der Waals surface area contributed by atoms with Gasteiger partial charge in [0.05, 0.1) is 23.3 Å². The van der Waals surface area contributed by atoms with Gasteiger partial charge in [0.1, 0.15) is 10.6 Å². The molecule has 0 fully saturated rings. The van der Waals surface area contributed by atoms with Crippen molar-refractivity contribution >= 4 is 57.3 Å². The molecule has 34 heavy (non-hydrogen) atoms. The van der Waals surface area contributed by atoms with Gasteiger partial charge >= 0.3 is 11.9 Å². The van der Waals surface area contributed by atoms with Crippen LogP contribution in [0, 0.1) is 0 Å². The van der Waals surface area contributed by atoms with E-state index in [1.165, 1.54) is 36.6 Å². The molecule has 0 radical (unpaired) electrons. The van der Waals surface area contributed by atoms with Gasteiger partial charge in [0.25, 0.3) is 17.7 Å². The lowest BCUT2D eigenvalue weighted by Crippen LogP contribution is -2.24. The third-order valence-corrected chi connectivity index (χ3v) is 6.77. The molecular weight excluding hydrogens is 480 g/mol. The lowest BCUT2D eigenvalue weighted by Gasteiger charge is -2.09. The summed E-state index contributed by atoms with van der Waals surface area (Å²) in [5, 5.41) is 6.51. The molecule has 11 heteroatoms. The summed E-state index contributed by atoms with van der Waals surface area (Å²) in [6, 6.07) is 7.71. The zero-order chi connectivity index (χ0) is 24.4. The van der Waals surface area contributed by atoms with Crippen LogP contribution in [0.15, 0.2) is 41.1 Å². The predicted molar refractivity (Wildman–Crippen MR) is 125 cm³/mol. The summed E-state index contributed by atoms with van der Waals surface area (Å²) in [4.78, 5) is 63.3. The Hall–Kier alpha value is -3.83. The van der Waals surface area contributed by atoms with Gasteiger partial charge in [-0.1, -0.05) is 6.07 Å². The number of rotatable bonds is 7. The van der Waals surface area contributed by atoms with Gasteiger partial charge in [0.15, 0.2) is 6.61 Å². The number of hydrogen-bond acceptors (Lipinski definition) is 9. The van der Waals surface area contributed by atoms with Crippen molar-refractivity contribution in [2.75, 3.05) is 25.6 Å². The van der Waals surface area contributed by atoms with Gasteiger partial charge < -0.3 is 14.8 Å².